The summed E-state index contributed by atoms with van der Waals surface area (Å²) in [5, 5.41) is 0. The number of aryl methyl sites for hydroxylation is 1. The maximum absolute atomic E-state index is 12.3. The number of benzene rings is 1. The predicted octanol–water partition coefficient (Wildman–Crippen LogP) is 1.59. The average molecular weight is 358 g/mol. The van der Waals surface area contributed by atoms with Crippen LogP contribution < -0.4 is 0 Å². The number of rotatable bonds is 5. The van der Waals surface area contributed by atoms with E-state index in [2.05, 4.69) is 0 Å². The van der Waals surface area contributed by atoms with Crippen LogP contribution in [0, 0.1) is 6.92 Å². The van der Waals surface area contributed by atoms with Gasteiger partial charge in [0.1, 0.15) is 18.3 Å². The van der Waals surface area contributed by atoms with Crippen molar-refractivity contribution in [3.63, 3.8) is 0 Å². The fourth-order valence-corrected chi connectivity index (χ4v) is 3.81. The fourth-order valence-electron chi connectivity index (χ4n) is 2.90. The molecule has 1 aromatic rings. The molecule has 2 saturated heterocycles. The Morgan fingerprint density at radius 1 is 1.12 bits per heavy atom. The van der Waals surface area contributed by atoms with E-state index >= 15 is 0 Å². The van der Waals surface area contributed by atoms with Crippen molar-refractivity contribution in [2.45, 2.75) is 56.1 Å². The Morgan fingerprint density at radius 3 is 2.38 bits per heavy atom. The summed E-state index contributed by atoms with van der Waals surface area (Å²) in [5.41, 5.74) is 0.970. The molecule has 134 valence electrons. The van der Waals surface area contributed by atoms with Gasteiger partial charge in [-0.15, -0.1) is 0 Å². The fraction of sp³-hybridized carbons (Fsp3) is 0.625. The van der Waals surface area contributed by atoms with E-state index in [1.165, 1.54) is 19.2 Å². The maximum atomic E-state index is 12.3. The summed E-state index contributed by atoms with van der Waals surface area (Å²) < 4.78 is 52.2. The molecule has 24 heavy (non-hydrogen) atoms. The molecule has 7 nitrogen and oxygen atoms in total. The molecule has 0 aliphatic carbocycles. The lowest BCUT2D eigenvalue weighted by Crippen LogP contribution is -2.33. The molecule has 3 rings (SSSR count). The smallest absolute Gasteiger partial charge is 0.297 e. The van der Waals surface area contributed by atoms with Crippen molar-refractivity contribution < 1.29 is 31.5 Å². The zero-order valence-electron chi connectivity index (χ0n) is 14.1. The van der Waals surface area contributed by atoms with Crippen LogP contribution in [-0.4, -0.2) is 52.5 Å². The molecule has 2 heterocycles. The normalized spacial score (nSPS) is 32.0. The average Bonchev–Trinajstić information content (AvgIpc) is 2.99. The second kappa shape index (κ2) is 6.36. The Kier molecular flexibility index (Phi) is 4.71. The van der Waals surface area contributed by atoms with Crippen LogP contribution in [0.25, 0.3) is 0 Å². The van der Waals surface area contributed by atoms with Crippen molar-refractivity contribution in [2.75, 3.05) is 13.7 Å². The molecule has 0 unspecified atom stereocenters. The minimum atomic E-state index is -3.86. The molecule has 0 radical (unpaired) electrons. The predicted molar refractivity (Wildman–Crippen MR) is 83.8 cm³/mol. The van der Waals surface area contributed by atoms with Crippen LogP contribution in [0.15, 0.2) is 29.2 Å². The molecule has 0 aromatic heterocycles. The molecule has 0 spiro atoms. The summed E-state index contributed by atoms with van der Waals surface area (Å²) in [4.78, 5) is 0.106. The molecular formula is C16H22O7S. The van der Waals surface area contributed by atoms with Crippen LogP contribution in [0.1, 0.15) is 19.4 Å². The number of fused-ring (bicyclic) bond motifs is 1. The van der Waals surface area contributed by atoms with Crippen LogP contribution in [0.2, 0.25) is 0 Å². The SMILES string of the molecule is CO[C@@H]1O[C@@H](COS(=O)(=O)c2ccc(C)cc2)[C@@H]2OC(C)(C)O[C@H]12. The lowest BCUT2D eigenvalue weighted by atomic mass is 10.1. The summed E-state index contributed by atoms with van der Waals surface area (Å²) in [6.45, 7) is 5.29. The summed E-state index contributed by atoms with van der Waals surface area (Å²) >= 11 is 0. The molecule has 2 aliphatic heterocycles. The zero-order valence-corrected chi connectivity index (χ0v) is 14.9. The van der Waals surface area contributed by atoms with E-state index in [-0.39, 0.29) is 11.5 Å². The largest absolute Gasteiger partial charge is 0.353 e. The molecule has 2 fully saturated rings. The minimum Gasteiger partial charge on any atom is -0.353 e. The van der Waals surface area contributed by atoms with Gasteiger partial charge in [0.15, 0.2) is 12.1 Å². The van der Waals surface area contributed by atoms with Crippen LogP contribution in [0.4, 0.5) is 0 Å². The van der Waals surface area contributed by atoms with Gasteiger partial charge in [-0.1, -0.05) is 17.7 Å². The molecule has 0 bridgehead atoms. The highest BCUT2D eigenvalue weighted by atomic mass is 32.2. The Balaban J connectivity index is 1.69. The zero-order chi connectivity index (χ0) is 17.5. The molecule has 2 aliphatic rings. The Hall–Kier alpha value is -1.03. The first-order chi connectivity index (χ1) is 11.2. The Morgan fingerprint density at radius 2 is 1.75 bits per heavy atom. The Labute approximate surface area is 141 Å². The van der Waals surface area contributed by atoms with E-state index < -0.39 is 40.5 Å². The first-order valence-corrected chi connectivity index (χ1v) is 9.13. The lowest BCUT2D eigenvalue weighted by Gasteiger charge is -2.23. The van der Waals surface area contributed by atoms with E-state index in [0.717, 1.165) is 5.56 Å². The van der Waals surface area contributed by atoms with Crippen molar-refractivity contribution in [1.29, 1.82) is 0 Å². The van der Waals surface area contributed by atoms with Crippen molar-refractivity contribution in [2.24, 2.45) is 0 Å². The van der Waals surface area contributed by atoms with Crippen molar-refractivity contribution >= 4 is 10.1 Å². The van der Waals surface area contributed by atoms with Gasteiger partial charge in [-0.25, -0.2) is 0 Å². The first kappa shape index (κ1) is 17.8. The summed E-state index contributed by atoms with van der Waals surface area (Å²) in [7, 11) is -2.36. The molecule has 4 atom stereocenters. The summed E-state index contributed by atoms with van der Waals surface area (Å²) in [6.07, 6.45) is -2.08. The van der Waals surface area contributed by atoms with E-state index in [0.29, 0.717) is 0 Å². The van der Waals surface area contributed by atoms with Crippen molar-refractivity contribution in [1.82, 2.24) is 0 Å². The monoisotopic (exact) mass is 358 g/mol. The first-order valence-electron chi connectivity index (χ1n) is 7.72. The second-order valence-electron chi connectivity index (χ2n) is 6.40. The molecular weight excluding hydrogens is 336 g/mol. The molecule has 1 aromatic carbocycles. The van der Waals surface area contributed by atoms with Gasteiger partial charge in [0, 0.05) is 7.11 Å². The van der Waals surface area contributed by atoms with Crippen molar-refractivity contribution in [3.8, 4) is 0 Å². The van der Waals surface area contributed by atoms with Gasteiger partial charge in [0.05, 0.1) is 11.5 Å². The maximum Gasteiger partial charge on any atom is 0.297 e. The summed E-state index contributed by atoms with van der Waals surface area (Å²) in [6, 6.07) is 6.46. The van der Waals surface area contributed by atoms with Crippen molar-refractivity contribution in [3.05, 3.63) is 29.8 Å². The van der Waals surface area contributed by atoms with E-state index in [1.807, 2.05) is 6.92 Å². The molecule has 8 heteroatoms. The minimum absolute atomic E-state index is 0.106. The van der Waals surface area contributed by atoms with Crippen LogP contribution in [0.3, 0.4) is 0 Å². The van der Waals surface area contributed by atoms with E-state index in [9.17, 15) is 8.42 Å². The lowest BCUT2D eigenvalue weighted by molar-refractivity contribution is -0.229. The van der Waals surface area contributed by atoms with Crippen LogP contribution in [0.5, 0.6) is 0 Å². The molecule has 0 N–H and O–H groups in total. The van der Waals surface area contributed by atoms with Gasteiger partial charge in [0.25, 0.3) is 10.1 Å². The number of methoxy groups -OCH3 is 1. The molecule has 0 saturated carbocycles. The van der Waals surface area contributed by atoms with Crippen LogP contribution >= 0.6 is 0 Å². The highest BCUT2D eigenvalue weighted by molar-refractivity contribution is 7.86. The third-order valence-corrected chi connectivity index (χ3v) is 5.33. The van der Waals surface area contributed by atoms with Gasteiger partial charge in [-0.05, 0) is 32.9 Å². The second-order valence-corrected chi connectivity index (χ2v) is 8.01. The van der Waals surface area contributed by atoms with E-state index in [1.54, 1.807) is 26.0 Å². The topological polar surface area (TPSA) is 80.3 Å². The van der Waals surface area contributed by atoms with Gasteiger partial charge in [-0.3, -0.25) is 4.18 Å². The highest BCUT2D eigenvalue weighted by Gasteiger charge is 2.55. The third kappa shape index (κ3) is 3.49. The van der Waals surface area contributed by atoms with Crippen LogP contribution in [-0.2, 0) is 33.2 Å². The number of ether oxygens (including phenoxy) is 4. The van der Waals surface area contributed by atoms with Gasteiger partial charge < -0.3 is 18.9 Å². The quantitative estimate of drug-likeness (QED) is 0.740. The van der Waals surface area contributed by atoms with E-state index in [4.69, 9.17) is 23.1 Å². The standard InChI is InChI=1S/C16H22O7S/c1-10-5-7-11(8-6-10)24(17,18)20-9-12-13-14(15(19-4)21-12)23-16(2,3)22-13/h5-8,12-15H,9H2,1-4H3/t12-,13-,14-,15+/m0/s1. The highest BCUT2D eigenvalue weighted by Crippen LogP contribution is 2.39. The Bertz CT molecular complexity index is 683. The van der Waals surface area contributed by atoms with Gasteiger partial charge in [0.2, 0.25) is 0 Å². The number of hydrogen-bond donors (Lipinski definition) is 0. The van der Waals surface area contributed by atoms with Gasteiger partial charge >= 0.3 is 0 Å². The molecule has 0 amide bonds. The summed E-state index contributed by atoms with van der Waals surface area (Å²) in [5.74, 6) is -0.774. The van der Waals surface area contributed by atoms with Gasteiger partial charge in [-0.2, -0.15) is 8.42 Å². The number of hydrogen-bond acceptors (Lipinski definition) is 7. The third-order valence-electron chi connectivity index (χ3n) is 4.04.